The number of carbonyl (C=O) groups is 1. The van der Waals surface area contributed by atoms with Gasteiger partial charge in [0.15, 0.2) is 0 Å². The molecule has 9 heteroatoms. The van der Waals surface area contributed by atoms with Crippen LogP contribution >= 0.6 is 0 Å². The van der Waals surface area contributed by atoms with Crippen molar-refractivity contribution in [2.75, 3.05) is 0 Å². The lowest BCUT2D eigenvalue weighted by molar-refractivity contribution is -0.165. The monoisotopic (exact) mass is 302 g/mol. The lowest BCUT2D eigenvalue weighted by Gasteiger charge is -2.10. The van der Waals surface area contributed by atoms with Gasteiger partial charge in [-0.3, -0.25) is 4.79 Å². The first-order chi connectivity index (χ1) is 8.93. The fraction of sp³-hybridized carbons (Fsp3) is 0.182. The van der Waals surface area contributed by atoms with Crippen molar-refractivity contribution >= 4 is 11.5 Å². The average molecular weight is 302 g/mol. The van der Waals surface area contributed by atoms with Crippen LogP contribution in [0.3, 0.4) is 0 Å². The zero-order valence-corrected chi connectivity index (χ0v) is 9.31. The van der Waals surface area contributed by atoms with Crippen LogP contribution in [0.2, 0.25) is 0 Å². The third-order valence-corrected chi connectivity index (χ3v) is 2.11. The van der Waals surface area contributed by atoms with E-state index in [0.717, 1.165) is 0 Å². The third-order valence-electron chi connectivity index (χ3n) is 2.11. The fourth-order valence-corrected chi connectivity index (χ4v) is 1.19. The van der Waals surface area contributed by atoms with Crippen molar-refractivity contribution in [1.82, 2.24) is 0 Å². The van der Waals surface area contributed by atoms with Crippen LogP contribution in [-0.4, -0.2) is 17.1 Å². The van der Waals surface area contributed by atoms with Crippen LogP contribution in [0, 0.1) is 5.82 Å². The van der Waals surface area contributed by atoms with Crippen molar-refractivity contribution in [2.45, 2.75) is 12.4 Å². The Hall–Kier alpha value is -2.06. The Morgan fingerprint density at radius 3 is 2.10 bits per heavy atom. The number of halogens is 7. The van der Waals surface area contributed by atoms with Gasteiger partial charge in [0.05, 0.1) is 5.56 Å². The molecule has 1 N–H and O–H groups in total. The molecule has 0 aliphatic carbocycles. The van der Waals surface area contributed by atoms with Crippen molar-refractivity contribution < 1.29 is 40.6 Å². The van der Waals surface area contributed by atoms with Gasteiger partial charge in [-0.05, 0) is 18.2 Å². The Bertz CT molecular complexity index is 555. The molecule has 0 aromatic heterocycles. The number of rotatable bonds is 2. The maximum atomic E-state index is 12.9. The summed E-state index contributed by atoms with van der Waals surface area (Å²) in [6.45, 7) is 0. The molecule has 0 aliphatic rings. The van der Waals surface area contributed by atoms with E-state index in [4.69, 9.17) is 0 Å². The van der Waals surface area contributed by atoms with Crippen molar-refractivity contribution in [1.29, 1.82) is 0 Å². The van der Waals surface area contributed by atoms with Crippen LogP contribution in [0.4, 0.5) is 30.7 Å². The predicted octanol–water partition coefficient (Wildman–Crippen LogP) is 3.87. The molecule has 0 unspecified atom stereocenters. The highest BCUT2D eigenvalue weighted by Crippen LogP contribution is 2.33. The summed E-state index contributed by atoms with van der Waals surface area (Å²) in [7, 11) is 0. The molecule has 0 spiro atoms. The van der Waals surface area contributed by atoms with Gasteiger partial charge in [0.2, 0.25) is 0 Å². The number of carbonyl (C=O) groups excluding carboxylic acids is 1. The third kappa shape index (κ3) is 3.72. The topological polar surface area (TPSA) is 37.3 Å². The standard InChI is InChI=1S/C11H5F7O2/c12-7-2-1-5(3-6(7)10(13,14)15)8(19)4-9(20)11(16,17)18/h1-4,19H/b8-4-. The Morgan fingerprint density at radius 1 is 1.10 bits per heavy atom. The summed E-state index contributed by atoms with van der Waals surface area (Å²) >= 11 is 0. The number of aliphatic hydroxyl groups is 1. The second-order valence-corrected chi connectivity index (χ2v) is 3.58. The molecule has 110 valence electrons. The number of benzene rings is 1. The van der Waals surface area contributed by atoms with Gasteiger partial charge in [0.1, 0.15) is 11.6 Å². The molecule has 0 fully saturated rings. The van der Waals surface area contributed by atoms with Crippen LogP contribution < -0.4 is 0 Å². The lowest BCUT2D eigenvalue weighted by Crippen LogP contribution is -2.20. The van der Waals surface area contributed by atoms with Gasteiger partial charge in [-0.1, -0.05) is 0 Å². The molecule has 1 aromatic rings. The molecule has 0 amide bonds. The van der Waals surface area contributed by atoms with E-state index in [1.54, 1.807) is 0 Å². The zero-order chi connectivity index (χ0) is 15.7. The summed E-state index contributed by atoms with van der Waals surface area (Å²) in [5.74, 6) is -5.46. The number of allylic oxidation sites excluding steroid dienone is 1. The van der Waals surface area contributed by atoms with E-state index < -0.39 is 40.8 Å². The van der Waals surface area contributed by atoms with Gasteiger partial charge >= 0.3 is 12.4 Å². The lowest BCUT2D eigenvalue weighted by atomic mass is 10.1. The Morgan fingerprint density at radius 2 is 1.65 bits per heavy atom. The molecular formula is C11H5F7O2. The molecule has 0 saturated carbocycles. The molecule has 2 nitrogen and oxygen atoms in total. The minimum atomic E-state index is -5.28. The smallest absolute Gasteiger partial charge is 0.454 e. The molecule has 0 bridgehead atoms. The molecule has 0 atom stereocenters. The SMILES string of the molecule is O=C(/C=C(\O)c1ccc(F)c(C(F)(F)F)c1)C(F)(F)F. The van der Waals surface area contributed by atoms with E-state index in [1.165, 1.54) is 0 Å². The van der Waals surface area contributed by atoms with Gasteiger partial charge < -0.3 is 5.11 Å². The van der Waals surface area contributed by atoms with E-state index in [2.05, 4.69) is 0 Å². The molecule has 1 aromatic carbocycles. The minimum absolute atomic E-state index is 0.102. The first-order valence-electron chi connectivity index (χ1n) is 4.82. The van der Waals surface area contributed by atoms with Crippen molar-refractivity contribution in [3.05, 3.63) is 41.2 Å². The predicted molar refractivity (Wildman–Crippen MR) is 53.1 cm³/mol. The second kappa shape index (κ2) is 5.14. The molecular weight excluding hydrogens is 297 g/mol. The van der Waals surface area contributed by atoms with Crippen LogP contribution in [0.1, 0.15) is 11.1 Å². The van der Waals surface area contributed by atoms with Gasteiger partial charge in [0, 0.05) is 11.6 Å². The molecule has 20 heavy (non-hydrogen) atoms. The number of alkyl halides is 6. The number of ketones is 1. The van der Waals surface area contributed by atoms with E-state index in [0.29, 0.717) is 12.1 Å². The largest absolute Gasteiger partial charge is 0.507 e. The highest BCUT2D eigenvalue weighted by atomic mass is 19.4. The summed E-state index contributed by atoms with van der Waals surface area (Å²) in [6, 6.07) is 1.03. The zero-order valence-electron chi connectivity index (χ0n) is 9.31. The molecule has 0 heterocycles. The highest BCUT2D eigenvalue weighted by molar-refractivity contribution is 5.99. The maximum Gasteiger partial charge on any atom is 0.454 e. The summed E-state index contributed by atoms with van der Waals surface area (Å²) < 4.78 is 85.7. The van der Waals surface area contributed by atoms with Crippen LogP contribution in [0.25, 0.3) is 5.76 Å². The van der Waals surface area contributed by atoms with E-state index in [-0.39, 0.29) is 12.1 Å². The second-order valence-electron chi connectivity index (χ2n) is 3.58. The van der Waals surface area contributed by atoms with Crippen LogP contribution in [0.5, 0.6) is 0 Å². The Labute approximate surface area is 107 Å². The van der Waals surface area contributed by atoms with Gasteiger partial charge in [-0.2, -0.15) is 26.3 Å². The minimum Gasteiger partial charge on any atom is -0.507 e. The average Bonchev–Trinajstić information content (AvgIpc) is 2.26. The molecule has 0 aliphatic heterocycles. The van der Waals surface area contributed by atoms with E-state index in [1.807, 2.05) is 0 Å². The molecule has 0 saturated heterocycles. The Kier molecular flexibility index (Phi) is 4.11. The molecule has 1 rings (SSSR count). The first-order valence-corrected chi connectivity index (χ1v) is 4.82. The van der Waals surface area contributed by atoms with Crippen molar-refractivity contribution in [3.63, 3.8) is 0 Å². The van der Waals surface area contributed by atoms with Crippen molar-refractivity contribution in [2.24, 2.45) is 0 Å². The van der Waals surface area contributed by atoms with E-state index >= 15 is 0 Å². The molecule has 0 radical (unpaired) electrons. The van der Waals surface area contributed by atoms with Crippen molar-refractivity contribution in [3.8, 4) is 0 Å². The number of aliphatic hydroxyl groups excluding tert-OH is 1. The van der Waals surface area contributed by atoms with E-state index in [9.17, 15) is 40.6 Å². The highest BCUT2D eigenvalue weighted by Gasteiger charge is 2.37. The number of hydrogen-bond donors (Lipinski definition) is 1. The van der Waals surface area contributed by atoms with Gasteiger partial charge in [0.25, 0.3) is 5.78 Å². The Balaban J connectivity index is 3.22. The summed E-state index contributed by atoms with van der Waals surface area (Å²) in [6.07, 6.45) is -10.7. The normalized spacial score (nSPS) is 13.4. The summed E-state index contributed by atoms with van der Waals surface area (Å²) in [5, 5.41) is 9.19. The maximum absolute atomic E-state index is 12.9. The first kappa shape index (κ1) is 16.0. The quantitative estimate of drug-likeness (QED) is 0.511. The van der Waals surface area contributed by atoms with Gasteiger partial charge in [-0.15, -0.1) is 0 Å². The van der Waals surface area contributed by atoms with Crippen LogP contribution in [0.15, 0.2) is 24.3 Å². The fourth-order valence-electron chi connectivity index (χ4n) is 1.19. The summed E-state index contributed by atoms with van der Waals surface area (Å²) in [5.41, 5.74) is -2.54. The van der Waals surface area contributed by atoms with Gasteiger partial charge in [-0.25, -0.2) is 4.39 Å². The summed E-state index contributed by atoms with van der Waals surface area (Å²) in [4.78, 5) is 10.5. The number of hydrogen-bond acceptors (Lipinski definition) is 2. The van der Waals surface area contributed by atoms with Crippen LogP contribution in [-0.2, 0) is 11.0 Å².